The number of H-pyrrole nitrogens is 1. The minimum atomic E-state index is -0.364. The van der Waals surface area contributed by atoms with Gasteiger partial charge in [0.1, 0.15) is 5.82 Å². The lowest BCUT2D eigenvalue weighted by Gasteiger charge is -2.15. The second-order valence-electron chi connectivity index (χ2n) is 5.17. The third-order valence-corrected chi connectivity index (χ3v) is 3.55. The third-order valence-electron chi connectivity index (χ3n) is 3.55. The van der Waals surface area contributed by atoms with Gasteiger partial charge in [-0.05, 0) is 12.5 Å². The zero-order chi connectivity index (χ0) is 16.2. The van der Waals surface area contributed by atoms with Crippen LogP contribution < -0.4 is 10.6 Å². The first-order chi connectivity index (χ1) is 11.2. The maximum atomic E-state index is 12.1. The van der Waals surface area contributed by atoms with E-state index < -0.39 is 0 Å². The summed E-state index contributed by atoms with van der Waals surface area (Å²) in [6.07, 6.45) is 1.59. The zero-order valence-electron chi connectivity index (χ0n) is 12.6. The highest BCUT2D eigenvalue weighted by atomic mass is 16.3. The lowest BCUT2D eigenvalue weighted by Crippen LogP contribution is -2.31. The van der Waals surface area contributed by atoms with Crippen LogP contribution in [0.3, 0.4) is 0 Å². The van der Waals surface area contributed by atoms with Crippen LogP contribution >= 0.6 is 0 Å². The fourth-order valence-electron chi connectivity index (χ4n) is 2.37. The summed E-state index contributed by atoms with van der Waals surface area (Å²) in [5, 5.41) is 22.3. The quantitative estimate of drug-likeness (QED) is 0.593. The smallest absolute Gasteiger partial charge is 0.320 e. The summed E-state index contributed by atoms with van der Waals surface area (Å²) in [5.41, 5.74) is 2.17. The molecule has 0 saturated heterocycles. The molecule has 118 valence electrons. The Morgan fingerprint density at radius 2 is 2.13 bits per heavy atom. The number of anilines is 1. The normalized spacial score (nSPS) is 12.1. The maximum Gasteiger partial charge on any atom is 0.320 e. The van der Waals surface area contributed by atoms with E-state index in [0.29, 0.717) is 17.0 Å². The first kappa shape index (κ1) is 15.0. The fraction of sp³-hybridized carbons (Fsp3) is 0.188. The molecule has 0 saturated carbocycles. The largest absolute Gasteiger partial charge is 0.390 e. The molecule has 0 spiro atoms. The average molecular weight is 311 g/mol. The molecule has 0 aliphatic carbocycles. The number of aliphatic hydroxyl groups excluding tert-OH is 1. The summed E-state index contributed by atoms with van der Waals surface area (Å²) in [7, 11) is 0. The minimum absolute atomic E-state index is 0.135. The van der Waals surface area contributed by atoms with Gasteiger partial charge in [-0.3, -0.25) is 10.4 Å². The number of carbonyl (C=O) groups is 1. The van der Waals surface area contributed by atoms with Gasteiger partial charge in [-0.2, -0.15) is 5.10 Å². The van der Waals surface area contributed by atoms with E-state index in [1.807, 2.05) is 37.3 Å². The SMILES string of the molecule is C[C@@H](NC(=O)Nc1cc2[nH]ncc2c(CO)n1)c1ccccc1. The van der Waals surface area contributed by atoms with Gasteiger partial charge in [-0.25, -0.2) is 9.78 Å². The fourth-order valence-corrected chi connectivity index (χ4v) is 2.37. The van der Waals surface area contributed by atoms with Crippen LogP contribution in [0.4, 0.5) is 10.6 Å². The predicted octanol–water partition coefficient (Wildman–Crippen LogP) is 2.33. The molecule has 0 unspecified atom stereocenters. The molecule has 2 amide bonds. The molecule has 3 rings (SSSR count). The number of aliphatic hydroxyl groups is 1. The van der Waals surface area contributed by atoms with Crippen LogP contribution in [-0.2, 0) is 6.61 Å². The van der Waals surface area contributed by atoms with E-state index in [4.69, 9.17) is 0 Å². The topological polar surface area (TPSA) is 103 Å². The molecule has 7 heteroatoms. The second-order valence-corrected chi connectivity index (χ2v) is 5.17. The standard InChI is InChI=1S/C16H17N5O2/c1-10(11-5-3-2-4-6-11)18-16(23)20-15-7-13-12(8-17-21-13)14(9-22)19-15/h2-8,10,22H,9H2,1H3,(H,17,21)(H2,18,19,20,23)/t10-/m1/s1. The van der Waals surface area contributed by atoms with Crippen LogP contribution in [0.5, 0.6) is 0 Å². The van der Waals surface area contributed by atoms with E-state index in [-0.39, 0.29) is 18.7 Å². The number of urea groups is 1. The number of nitrogens with one attached hydrogen (secondary N) is 3. The number of hydrogen-bond donors (Lipinski definition) is 4. The Morgan fingerprint density at radius 3 is 2.87 bits per heavy atom. The van der Waals surface area contributed by atoms with Gasteiger partial charge in [0.05, 0.1) is 30.1 Å². The summed E-state index contributed by atoms with van der Waals surface area (Å²) >= 11 is 0. The van der Waals surface area contributed by atoms with E-state index in [9.17, 15) is 9.90 Å². The Bertz CT molecular complexity index is 816. The summed E-state index contributed by atoms with van der Waals surface area (Å²) in [4.78, 5) is 16.3. The number of benzene rings is 1. The molecule has 1 atom stereocenters. The highest BCUT2D eigenvalue weighted by Gasteiger charge is 2.12. The molecule has 0 aliphatic rings. The highest BCUT2D eigenvalue weighted by molar-refractivity contribution is 5.91. The van der Waals surface area contributed by atoms with E-state index in [1.54, 1.807) is 12.3 Å². The number of hydrogen-bond acceptors (Lipinski definition) is 4. The van der Waals surface area contributed by atoms with Gasteiger partial charge >= 0.3 is 6.03 Å². The van der Waals surface area contributed by atoms with Crippen LogP contribution in [0.1, 0.15) is 24.2 Å². The number of pyridine rings is 1. The Balaban J connectivity index is 1.72. The van der Waals surface area contributed by atoms with Crippen molar-refractivity contribution in [2.75, 3.05) is 5.32 Å². The molecule has 2 heterocycles. The summed E-state index contributed by atoms with van der Waals surface area (Å²) in [5.74, 6) is 0.351. The molecular weight excluding hydrogens is 294 g/mol. The van der Waals surface area contributed by atoms with E-state index in [1.165, 1.54) is 0 Å². The van der Waals surface area contributed by atoms with Crippen molar-refractivity contribution in [2.24, 2.45) is 0 Å². The Kier molecular flexibility index (Phi) is 4.20. The van der Waals surface area contributed by atoms with Crippen molar-refractivity contribution in [3.05, 3.63) is 53.9 Å². The van der Waals surface area contributed by atoms with Gasteiger partial charge in [0.25, 0.3) is 0 Å². The average Bonchev–Trinajstić information content (AvgIpc) is 3.03. The summed E-state index contributed by atoms with van der Waals surface area (Å²) in [6, 6.07) is 10.8. The van der Waals surface area contributed by atoms with Gasteiger partial charge in [0.15, 0.2) is 0 Å². The van der Waals surface area contributed by atoms with E-state index in [2.05, 4.69) is 25.8 Å². The molecule has 0 radical (unpaired) electrons. The van der Waals surface area contributed by atoms with Crippen molar-refractivity contribution >= 4 is 22.8 Å². The predicted molar refractivity (Wildman–Crippen MR) is 86.8 cm³/mol. The number of nitrogens with zero attached hydrogens (tertiary/aromatic N) is 2. The van der Waals surface area contributed by atoms with Crippen LogP contribution in [0.15, 0.2) is 42.6 Å². The molecule has 0 aliphatic heterocycles. The molecule has 4 N–H and O–H groups in total. The van der Waals surface area contributed by atoms with Gasteiger partial charge < -0.3 is 10.4 Å². The molecule has 0 fully saturated rings. The number of aromatic amines is 1. The molecule has 23 heavy (non-hydrogen) atoms. The second kappa shape index (κ2) is 6.45. The molecule has 0 bridgehead atoms. The number of rotatable bonds is 4. The zero-order valence-corrected chi connectivity index (χ0v) is 12.6. The molecule has 2 aromatic heterocycles. The third kappa shape index (κ3) is 3.29. The number of aromatic nitrogens is 3. The van der Waals surface area contributed by atoms with Crippen molar-refractivity contribution < 1.29 is 9.90 Å². The van der Waals surface area contributed by atoms with Crippen LogP contribution in [0.2, 0.25) is 0 Å². The first-order valence-corrected chi connectivity index (χ1v) is 7.23. The van der Waals surface area contributed by atoms with Crippen LogP contribution in [0, 0.1) is 0 Å². The number of fused-ring (bicyclic) bond motifs is 1. The van der Waals surface area contributed by atoms with E-state index >= 15 is 0 Å². The van der Waals surface area contributed by atoms with Crippen molar-refractivity contribution in [1.29, 1.82) is 0 Å². The first-order valence-electron chi connectivity index (χ1n) is 7.23. The van der Waals surface area contributed by atoms with Crippen LogP contribution in [0.25, 0.3) is 10.9 Å². The Hall–Kier alpha value is -2.93. The van der Waals surface area contributed by atoms with Gasteiger partial charge in [-0.15, -0.1) is 0 Å². The Labute approximate surface area is 132 Å². The maximum absolute atomic E-state index is 12.1. The van der Waals surface area contributed by atoms with Crippen LogP contribution in [-0.4, -0.2) is 26.3 Å². The Morgan fingerprint density at radius 1 is 1.35 bits per heavy atom. The molecule has 3 aromatic rings. The van der Waals surface area contributed by atoms with Gasteiger partial charge in [0, 0.05) is 11.5 Å². The molecular formula is C16H17N5O2. The highest BCUT2D eigenvalue weighted by Crippen LogP contribution is 2.19. The summed E-state index contributed by atoms with van der Waals surface area (Å²) < 4.78 is 0. The van der Waals surface area contributed by atoms with E-state index in [0.717, 1.165) is 10.9 Å². The van der Waals surface area contributed by atoms with Crippen molar-refractivity contribution in [1.82, 2.24) is 20.5 Å². The number of amides is 2. The van der Waals surface area contributed by atoms with Gasteiger partial charge in [0.2, 0.25) is 0 Å². The van der Waals surface area contributed by atoms with Crippen molar-refractivity contribution in [2.45, 2.75) is 19.6 Å². The minimum Gasteiger partial charge on any atom is -0.390 e. The molecule has 7 nitrogen and oxygen atoms in total. The van der Waals surface area contributed by atoms with Crippen molar-refractivity contribution in [3.63, 3.8) is 0 Å². The lowest BCUT2D eigenvalue weighted by atomic mass is 10.1. The monoisotopic (exact) mass is 311 g/mol. The van der Waals surface area contributed by atoms with Gasteiger partial charge in [-0.1, -0.05) is 30.3 Å². The molecule has 1 aromatic carbocycles. The van der Waals surface area contributed by atoms with Crippen molar-refractivity contribution in [3.8, 4) is 0 Å². The number of carbonyl (C=O) groups excluding carboxylic acids is 1. The lowest BCUT2D eigenvalue weighted by molar-refractivity contribution is 0.249. The summed E-state index contributed by atoms with van der Waals surface area (Å²) in [6.45, 7) is 1.67.